The molecule has 0 radical (unpaired) electrons. The Morgan fingerprint density at radius 3 is 2.20 bits per heavy atom. The highest BCUT2D eigenvalue weighted by molar-refractivity contribution is 5.85. The molecule has 0 unspecified atom stereocenters. The molecule has 1 aromatic rings. The first-order valence-corrected chi connectivity index (χ1v) is 6.14. The quantitative estimate of drug-likeness (QED) is 0.902. The van der Waals surface area contributed by atoms with E-state index in [0.29, 0.717) is 19.3 Å². The van der Waals surface area contributed by atoms with Crippen LogP contribution in [0.3, 0.4) is 0 Å². The van der Waals surface area contributed by atoms with Crippen LogP contribution >= 0.6 is 12.4 Å². The van der Waals surface area contributed by atoms with Gasteiger partial charge in [-0.3, -0.25) is 0 Å². The third kappa shape index (κ3) is 5.19. The molecule has 1 saturated heterocycles. The number of benzene rings is 1. The first-order valence-electron chi connectivity index (χ1n) is 6.14. The summed E-state index contributed by atoms with van der Waals surface area (Å²) in [5.41, 5.74) is 0.0383. The van der Waals surface area contributed by atoms with Gasteiger partial charge in [0.05, 0.1) is 5.60 Å². The van der Waals surface area contributed by atoms with Crippen molar-refractivity contribution in [2.45, 2.75) is 31.2 Å². The van der Waals surface area contributed by atoms with Crippen LogP contribution in [0.2, 0.25) is 0 Å². The van der Waals surface area contributed by atoms with Crippen molar-refractivity contribution in [2.75, 3.05) is 13.1 Å². The number of ether oxygens (including phenoxy) is 1. The smallest absolute Gasteiger partial charge is 0.406 e. The van der Waals surface area contributed by atoms with E-state index in [2.05, 4.69) is 10.1 Å². The molecule has 0 aliphatic carbocycles. The van der Waals surface area contributed by atoms with Crippen molar-refractivity contribution >= 4 is 12.4 Å². The standard InChI is InChI=1S/C13H16F3NO2.ClH/c14-13(15,16)19-11-3-1-10(2-4-11)9-12(18)5-7-17-8-6-12;/h1-4,17-18H,5-9H2;1H. The van der Waals surface area contributed by atoms with Crippen LogP contribution in [-0.4, -0.2) is 30.2 Å². The molecule has 114 valence electrons. The lowest BCUT2D eigenvalue weighted by Crippen LogP contribution is -2.43. The van der Waals surface area contributed by atoms with Crippen LogP contribution in [0.4, 0.5) is 13.2 Å². The van der Waals surface area contributed by atoms with E-state index in [1.165, 1.54) is 12.1 Å². The van der Waals surface area contributed by atoms with E-state index in [1.54, 1.807) is 12.1 Å². The van der Waals surface area contributed by atoms with Gasteiger partial charge in [-0.2, -0.15) is 0 Å². The molecule has 20 heavy (non-hydrogen) atoms. The lowest BCUT2D eigenvalue weighted by molar-refractivity contribution is -0.274. The lowest BCUT2D eigenvalue weighted by Gasteiger charge is -2.32. The van der Waals surface area contributed by atoms with Gasteiger partial charge in [0.25, 0.3) is 0 Å². The molecule has 7 heteroatoms. The zero-order valence-corrected chi connectivity index (χ0v) is 11.6. The van der Waals surface area contributed by atoms with E-state index in [-0.39, 0.29) is 18.2 Å². The van der Waals surface area contributed by atoms with Gasteiger partial charge in [-0.1, -0.05) is 12.1 Å². The highest BCUT2D eigenvalue weighted by Gasteiger charge is 2.31. The van der Waals surface area contributed by atoms with Gasteiger partial charge in [-0.05, 0) is 43.6 Å². The topological polar surface area (TPSA) is 41.5 Å². The van der Waals surface area contributed by atoms with E-state index < -0.39 is 12.0 Å². The summed E-state index contributed by atoms with van der Waals surface area (Å²) in [5.74, 6) is -0.242. The SMILES string of the molecule is Cl.OC1(Cc2ccc(OC(F)(F)F)cc2)CCNCC1. The first-order chi connectivity index (χ1) is 8.86. The van der Waals surface area contributed by atoms with E-state index in [1.807, 2.05) is 0 Å². The van der Waals surface area contributed by atoms with Crippen LogP contribution in [0.5, 0.6) is 5.75 Å². The minimum Gasteiger partial charge on any atom is -0.406 e. The van der Waals surface area contributed by atoms with Crippen LogP contribution in [-0.2, 0) is 6.42 Å². The Labute approximate surface area is 121 Å². The second-order valence-electron chi connectivity index (χ2n) is 4.84. The minimum atomic E-state index is -4.67. The summed E-state index contributed by atoms with van der Waals surface area (Å²) in [6, 6.07) is 5.66. The molecule has 1 heterocycles. The summed E-state index contributed by atoms with van der Waals surface area (Å²) < 4.78 is 39.8. The number of alkyl halides is 3. The number of nitrogens with one attached hydrogen (secondary N) is 1. The van der Waals surface area contributed by atoms with Crippen LogP contribution in [0.25, 0.3) is 0 Å². The van der Waals surface area contributed by atoms with Gasteiger partial charge in [-0.25, -0.2) is 0 Å². The number of hydrogen-bond donors (Lipinski definition) is 2. The fourth-order valence-corrected chi connectivity index (χ4v) is 2.26. The Kier molecular flexibility index (Phi) is 5.68. The molecule has 0 bridgehead atoms. The van der Waals surface area contributed by atoms with Gasteiger partial charge >= 0.3 is 6.36 Å². The van der Waals surface area contributed by atoms with Crippen molar-refractivity contribution in [3.8, 4) is 5.75 Å². The number of aliphatic hydroxyl groups is 1. The molecule has 1 aliphatic rings. The maximum absolute atomic E-state index is 12.0. The highest BCUT2D eigenvalue weighted by atomic mass is 35.5. The Hall–Kier alpha value is -0.980. The molecule has 1 aromatic carbocycles. The van der Waals surface area contributed by atoms with Crippen LogP contribution < -0.4 is 10.1 Å². The maximum atomic E-state index is 12.0. The number of rotatable bonds is 3. The van der Waals surface area contributed by atoms with Gasteiger partial charge in [0, 0.05) is 6.42 Å². The largest absolute Gasteiger partial charge is 0.573 e. The number of hydrogen-bond acceptors (Lipinski definition) is 3. The third-order valence-electron chi connectivity index (χ3n) is 3.22. The van der Waals surface area contributed by atoms with E-state index in [4.69, 9.17) is 0 Å². The first kappa shape index (κ1) is 17.1. The Balaban J connectivity index is 0.00000200. The second-order valence-corrected chi connectivity index (χ2v) is 4.84. The van der Waals surface area contributed by atoms with Crippen molar-refractivity contribution in [3.63, 3.8) is 0 Å². The zero-order valence-electron chi connectivity index (χ0n) is 10.7. The van der Waals surface area contributed by atoms with Crippen LogP contribution in [0.15, 0.2) is 24.3 Å². The van der Waals surface area contributed by atoms with Gasteiger partial charge in [0.2, 0.25) is 0 Å². The van der Waals surface area contributed by atoms with Crippen molar-refractivity contribution in [1.29, 1.82) is 0 Å². The summed E-state index contributed by atoms with van der Waals surface area (Å²) >= 11 is 0. The van der Waals surface area contributed by atoms with Crippen LogP contribution in [0, 0.1) is 0 Å². The van der Waals surface area contributed by atoms with Gasteiger partial charge in [0.15, 0.2) is 0 Å². The Bertz CT molecular complexity index is 417. The molecule has 0 amide bonds. The molecule has 0 saturated carbocycles. The molecule has 2 N–H and O–H groups in total. The third-order valence-corrected chi connectivity index (χ3v) is 3.22. The summed E-state index contributed by atoms with van der Waals surface area (Å²) in [5, 5.41) is 13.5. The average Bonchev–Trinajstić information content (AvgIpc) is 2.30. The predicted octanol–water partition coefficient (Wildman–Crippen LogP) is 2.66. The fourth-order valence-electron chi connectivity index (χ4n) is 2.26. The average molecular weight is 312 g/mol. The Morgan fingerprint density at radius 2 is 1.70 bits per heavy atom. The molecular weight excluding hydrogens is 295 g/mol. The molecule has 1 aliphatic heterocycles. The van der Waals surface area contributed by atoms with Crippen molar-refractivity contribution in [3.05, 3.63) is 29.8 Å². The molecule has 3 nitrogen and oxygen atoms in total. The summed E-state index contributed by atoms with van der Waals surface area (Å²) in [7, 11) is 0. The molecule has 0 spiro atoms. The van der Waals surface area contributed by atoms with E-state index >= 15 is 0 Å². The second kappa shape index (κ2) is 6.65. The highest BCUT2D eigenvalue weighted by Crippen LogP contribution is 2.26. The number of halogens is 4. The van der Waals surface area contributed by atoms with Crippen molar-refractivity contribution in [2.24, 2.45) is 0 Å². The van der Waals surface area contributed by atoms with Crippen molar-refractivity contribution < 1.29 is 23.0 Å². The minimum absolute atomic E-state index is 0. The molecular formula is C13H17ClF3NO2. The van der Waals surface area contributed by atoms with Gasteiger partial charge in [0.1, 0.15) is 5.75 Å². The van der Waals surface area contributed by atoms with E-state index in [0.717, 1.165) is 18.7 Å². The van der Waals surface area contributed by atoms with E-state index in [9.17, 15) is 18.3 Å². The van der Waals surface area contributed by atoms with Crippen LogP contribution in [0.1, 0.15) is 18.4 Å². The number of piperidine rings is 1. The molecule has 1 fully saturated rings. The monoisotopic (exact) mass is 311 g/mol. The molecule has 0 aromatic heterocycles. The van der Waals surface area contributed by atoms with Gasteiger partial charge in [-0.15, -0.1) is 25.6 Å². The zero-order chi connectivity index (χ0) is 13.9. The fraction of sp³-hybridized carbons (Fsp3) is 0.538. The van der Waals surface area contributed by atoms with Crippen molar-refractivity contribution in [1.82, 2.24) is 5.32 Å². The lowest BCUT2D eigenvalue weighted by atomic mass is 9.86. The molecule has 0 atom stereocenters. The Morgan fingerprint density at radius 1 is 1.15 bits per heavy atom. The van der Waals surface area contributed by atoms with Gasteiger partial charge < -0.3 is 15.2 Å². The predicted molar refractivity (Wildman–Crippen MR) is 71.1 cm³/mol. The molecule has 2 rings (SSSR count). The summed E-state index contributed by atoms with van der Waals surface area (Å²) in [4.78, 5) is 0. The summed E-state index contributed by atoms with van der Waals surface area (Å²) in [6.45, 7) is 1.51. The normalized spacial score (nSPS) is 18.2. The summed E-state index contributed by atoms with van der Waals surface area (Å²) in [6.07, 6.45) is -2.93. The maximum Gasteiger partial charge on any atom is 0.573 e.